The van der Waals surface area contributed by atoms with Crippen LogP contribution < -0.4 is 10.6 Å². The highest BCUT2D eigenvalue weighted by molar-refractivity contribution is 8.01. The molecule has 2 atom stereocenters. The van der Waals surface area contributed by atoms with Gasteiger partial charge < -0.3 is 20.1 Å². The van der Waals surface area contributed by atoms with Crippen molar-refractivity contribution in [1.82, 2.24) is 15.4 Å². The number of thioether (sulfide) groups is 1. The fraction of sp³-hybridized carbons (Fsp3) is 0.368. The Hall–Kier alpha value is -2.52. The number of nitrogens with one attached hydrogen (secondary N) is 2. The van der Waals surface area contributed by atoms with Crippen molar-refractivity contribution >= 4 is 46.9 Å². The summed E-state index contributed by atoms with van der Waals surface area (Å²) in [6, 6.07) is 7.80. The van der Waals surface area contributed by atoms with Crippen LogP contribution in [0.5, 0.6) is 0 Å². The Bertz CT molecular complexity index is 919. The van der Waals surface area contributed by atoms with Gasteiger partial charge in [0.25, 0.3) is 0 Å². The summed E-state index contributed by atoms with van der Waals surface area (Å²) >= 11 is 7.44. The number of carbonyl (C=O) groups is 3. The molecule has 1 saturated heterocycles. The molecule has 10 heteroatoms. The van der Waals surface area contributed by atoms with Gasteiger partial charge in [-0.2, -0.15) is 0 Å². The van der Waals surface area contributed by atoms with Gasteiger partial charge in [-0.3, -0.25) is 14.4 Å². The quantitative estimate of drug-likeness (QED) is 0.720. The van der Waals surface area contributed by atoms with Crippen molar-refractivity contribution in [3.63, 3.8) is 0 Å². The van der Waals surface area contributed by atoms with Crippen molar-refractivity contribution < 1.29 is 18.9 Å². The molecule has 2 N–H and O–H groups in total. The van der Waals surface area contributed by atoms with E-state index < -0.39 is 11.3 Å². The third-order valence-electron chi connectivity index (χ3n) is 4.44. The Morgan fingerprint density at radius 2 is 2.21 bits per heavy atom. The molecule has 1 aliphatic heterocycles. The second kappa shape index (κ2) is 9.32. The molecule has 0 bridgehead atoms. The molecule has 0 aliphatic carbocycles. The van der Waals surface area contributed by atoms with Crippen LogP contribution in [0.25, 0.3) is 0 Å². The smallest absolute Gasteiger partial charge is 0.247 e. The molecule has 0 spiro atoms. The Balaban J connectivity index is 1.63. The van der Waals surface area contributed by atoms with Gasteiger partial charge in [-0.1, -0.05) is 35.0 Å². The fourth-order valence-electron chi connectivity index (χ4n) is 2.95. The zero-order chi connectivity index (χ0) is 21.0. The molecular formula is C19H21ClN4O4S. The number of nitrogens with zero attached hydrogens (tertiary/aromatic N) is 2. The Morgan fingerprint density at radius 3 is 2.90 bits per heavy atom. The molecule has 154 valence electrons. The normalized spacial score (nSPS) is 17.6. The number of carbonyl (C=O) groups excluding carboxylic acids is 3. The lowest BCUT2D eigenvalue weighted by atomic mass is 10.0. The van der Waals surface area contributed by atoms with Gasteiger partial charge in [0.05, 0.1) is 11.0 Å². The standard InChI is InChI=1S/C19H21ClN4O4S/c1-11-9-15(23-28-11)22-18(26)12(2)29-10-16(25)24-8-7-21-19(27)17(24)13-5-3-4-6-14(13)20/h3-6,9,12,17H,7-8,10H2,1-2H3,(H,21,27)(H,22,23,26)/t12-,17-/m1/s1. The molecule has 1 fully saturated rings. The molecule has 1 aromatic carbocycles. The molecule has 0 radical (unpaired) electrons. The minimum absolute atomic E-state index is 0.0562. The predicted octanol–water partition coefficient (Wildman–Crippen LogP) is 2.40. The van der Waals surface area contributed by atoms with E-state index in [1.54, 1.807) is 44.2 Å². The van der Waals surface area contributed by atoms with E-state index in [-0.39, 0.29) is 23.5 Å². The van der Waals surface area contributed by atoms with Crippen LogP contribution >= 0.6 is 23.4 Å². The number of aryl methyl sites for hydroxylation is 1. The van der Waals surface area contributed by atoms with Gasteiger partial charge in [-0.05, 0) is 19.9 Å². The molecular weight excluding hydrogens is 416 g/mol. The van der Waals surface area contributed by atoms with E-state index in [1.165, 1.54) is 16.7 Å². The van der Waals surface area contributed by atoms with Crippen molar-refractivity contribution in [2.75, 3.05) is 24.2 Å². The maximum Gasteiger partial charge on any atom is 0.247 e. The monoisotopic (exact) mass is 436 g/mol. The van der Waals surface area contributed by atoms with Crippen LogP contribution in [0.2, 0.25) is 5.02 Å². The Kier molecular flexibility index (Phi) is 6.81. The topological polar surface area (TPSA) is 105 Å². The average Bonchev–Trinajstić information content (AvgIpc) is 3.11. The highest BCUT2D eigenvalue weighted by Gasteiger charge is 2.35. The first-order valence-electron chi connectivity index (χ1n) is 9.04. The highest BCUT2D eigenvalue weighted by atomic mass is 35.5. The third-order valence-corrected chi connectivity index (χ3v) is 5.91. The third kappa shape index (κ3) is 5.10. The van der Waals surface area contributed by atoms with E-state index in [4.69, 9.17) is 16.1 Å². The van der Waals surface area contributed by atoms with Gasteiger partial charge in [0.15, 0.2) is 5.82 Å². The number of hydrogen-bond acceptors (Lipinski definition) is 6. The number of aromatic nitrogens is 1. The maximum absolute atomic E-state index is 12.9. The van der Waals surface area contributed by atoms with E-state index in [0.29, 0.717) is 35.3 Å². The lowest BCUT2D eigenvalue weighted by Gasteiger charge is -2.35. The maximum atomic E-state index is 12.9. The molecule has 2 heterocycles. The predicted molar refractivity (Wildman–Crippen MR) is 111 cm³/mol. The second-order valence-electron chi connectivity index (χ2n) is 6.57. The van der Waals surface area contributed by atoms with Crippen molar-refractivity contribution in [3.05, 3.63) is 46.7 Å². The second-order valence-corrected chi connectivity index (χ2v) is 8.30. The average molecular weight is 437 g/mol. The van der Waals surface area contributed by atoms with Gasteiger partial charge in [-0.25, -0.2) is 0 Å². The summed E-state index contributed by atoms with van der Waals surface area (Å²) in [5.74, 6) is 0.194. The van der Waals surface area contributed by atoms with Crippen molar-refractivity contribution in [3.8, 4) is 0 Å². The van der Waals surface area contributed by atoms with Crippen LogP contribution in [-0.2, 0) is 14.4 Å². The molecule has 1 aliphatic rings. The highest BCUT2D eigenvalue weighted by Crippen LogP contribution is 2.30. The summed E-state index contributed by atoms with van der Waals surface area (Å²) in [6.45, 7) is 4.18. The Morgan fingerprint density at radius 1 is 1.45 bits per heavy atom. The van der Waals surface area contributed by atoms with Crippen LogP contribution in [0.1, 0.15) is 24.3 Å². The van der Waals surface area contributed by atoms with E-state index in [0.717, 1.165) is 0 Å². The summed E-state index contributed by atoms with van der Waals surface area (Å²) in [6.07, 6.45) is 0. The number of halogens is 1. The van der Waals surface area contributed by atoms with Crippen molar-refractivity contribution in [1.29, 1.82) is 0 Å². The molecule has 0 saturated carbocycles. The van der Waals surface area contributed by atoms with Gasteiger partial charge in [0.2, 0.25) is 17.7 Å². The first-order chi connectivity index (χ1) is 13.9. The molecule has 2 aromatic rings. The minimum atomic E-state index is -0.784. The largest absolute Gasteiger partial charge is 0.360 e. The summed E-state index contributed by atoms with van der Waals surface area (Å²) in [4.78, 5) is 39.1. The Labute approximate surface area is 177 Å². The van der Waals surface area contributed by atoms with Gasteiger partial charge in [0.1, 0.15) is 11.8 Å². The first-order valence-corrected chi connectivity index (χ1v) is 10.5. The van der Waals surface area contributed by atoms with E-state index in [2.05, 4.69) is 15.8 Å². The van der Waals surface area contributed by atoms with Crippen LogP contribution in [-0.4, -0.2) is 51.9 Å². The van der Waals surface area contributed by atoms with Gasteiger partial charge >= 0.3 is 0 Å². The SMILES string of the molecule is Cc1cc(NC(=O)[C@@H](C)SCC(=O)N2CCNC(=O)[C@H]2c2ccccc2Cl)no1. The number of hydrogen-bond donors (Lipinski definition) is 2. The lowest BCUT2D eigenvalue weighted by molar-refractivity contribution is -0.141. The van der Waals surface area contributed by atoms with E-state index >= 15 is 0 Å². The van der Waals surface area contributed by atoms with Crippen molar-refractivity contribution in [2.24, 2.45) is 0 Å². The number of rotatable bonds is 6. The first kappa shape index (κ1) is 21.2. The molecule has 1 aromatic heterocycles. The molecule has 29 heavy (non-hydrogen) atoms. The van der Waals surface area contributed by atoms with Crippen LogP contribution in [0.3, 0.4) is 0 Å². The van der Waals surface area contributed by atoms with Crippen LogP contribution in [0.4, 0.5) is 5.82 Å². The van der Waals surface area contributed by atoms with E-state index in [9.17, 15) is 14.4 Å². The fourth-order valence-corrected chi connectivity index (χ4v) is 3.96. The van der Waals surface area contributed by atoms with Crippen molar-refractivity contribution in [2.45, 2.75) is 25.1 Å². The molecule has 8 nitrogen and oxygen atoms in total. The zero-order valence-electron chi connectivity index (χ0n) is 16.0. The summed E-state index contributed by atoms with van der Waals surface area (Å²) in [5, 5.41) is 9.07. The number of anilines is 1. The molecule has 3 amide bonds. The number of amides is 3. The van der Waals surface area contributed by atoms with E-state index in [1.807, 2.05) is 0 Å². The summed E-state index contributed by atoms with van der Waals surface area (Å²) < 4.78 is 4.92. The summed E-state index contributed by atoms with van der Waals surface area (Å²) in [7, 11) is 0. The van der Waals surface area contributed by atoms with Crippen LogP contribution in [0.15, 0.2) is 34.9 Å². The van der Waals surface area contributed by atoms with Crippen LogP contribution in [0, 0.1) is 6.92 Å². The number of piperazine rings is 1. The lowest BCUT2D eigenvalue weighted by Crippen LogP contribution is -2.52. The summed E-state index contributed by atoms with van der Waals surface area (Å²) in [5.41, 5.74) is 0.580. The molecule has 0 unspecified atom stereocenters. The van der Waals surface area contributed by atoms with Gasteiger partial charge in [0, 0.05) is 29.7 Å². The zero-order valence-corrected chi connectivity index (χ0v) is 17.5. The minimum Gasteiger partial charge on any atom is -0.360 e. The van der Waals surface area contributed by atoms with Gasteiger partial charge in [-0.15, -0.1) is 11.8 Å². The number of benzene rings is 1. The molecule has 3 rings (SSSR count).